The Hall–Kier alpha value is -0.610. The van der Waals surface area contributed by atoms with Crippen LogP contribution < -0.4 is 0 Å². The zero-order chi connectivity index (χ0) is 13.8. The van der Waals surface area contributed by atoms with E-state index in [9.17, 15) is 4.79 Å². The highest BCUT2D eigenvalue weighted by atomic mass is 16.6. The molecule has 1 saturated carbocycles. The molecule has 1 unspecified atom stereocenters. The van der Waals surface area contributed by atoms with E-state index in [1.807, 2.05) is 39.6 Å². The molecule has 0 radical (unpaired) electrons. The number of ether oxygens (including phenoxy) is 2. The van der Waals surface area contributed by atoms with Crippen LogP contribution >= 0.6 is 0 Å². The molecule has 0 amide bonds. The van der Waals surface area contributed by atoms with Crippen molar-refractivity contribution < 1.29 is 14.3 Å². The van der Waals surface area contributed by atoms with E-state index >= 15 is 0 Å². The summed E-state index contributed by atoms with van der Waals surface area (Å²) in [4.78, 5) is 13.8. The summed E-state index contributed by atoms with van der Waals surface area (Å²) in [6.45, 7) is 9.83. The van der Waals surface area contributed by atoms with Crippen LogP contribution in [-0.4, -0.2) is 49.3 Å². The third kappa shape index (κ3) is 6.36. The van der Waals surface area contributed by atoms with Gasteiger partial charge in [0.1, 0.15) is 11.6 Å². The van der Waals surface area contributed by atoms with Gasteiger partial charge in [0.2, 0.25) is 0 Å². The molecule has 4 nitrogen and oxygen atoms in total. The second kappa shape index (κ2) is 6.53. The Kier molecular flexibility index (Phi) is 5.60. The van der Waals surface area contributed by atoms with Crippen molar-refractivity contribution in [3.8, 4) is 0 Å². The van der Waals surface area contributed by atoms with E-state index in [4.69, 9.17) is 9.47 Å². The Morgan fingerprint density at radius 1 is 1.39 bits per heavy atom. The first kappa shape index (κ1) is 15.4. The molecule has 0 aromatic rings. The van der Waals surface area contributed by atoms with Gasteiger partial charge in [-0.2, -0.15) is 0 Å². The van der Waals surface area contributed by atoms with Crippen molar-refractivity contribution in [2.45, 2.75) is 52.2 Å². The van der Waals surface area contributed by atoms with Gasteiger partial charge in [-0.25, -0.2) is 0 Å². The molecule has 4 heteroatoms. The second-order valence-corrected chi connectivity index (χ2v) is 6.21. The van der Waals surface area contributed by atoms with Crippen LogP contribution in [0.15, 0.2) is 0 Å². The largest absolute Gasteiger partial charge is 0.459 e. The van der Waals surface area contributed by atoms with Gasteiger partial charge in [-0.1, -0.05) is 0 Å². The Morgan fingerprint density at radius 3 is 2.50 bits per heavy atom. The molecule has 0 N–H and O–H groups in total. The molecule has 0 spiro atoms. The quantitative estimate of drug-likeness (QED) is 0.517. The number of nitrogens with zero attached hydrogens (tertiary/aromatic N) is 1. The van der Waals surface area contributed by atoms with Crippen molar-refractivity contribution in [3.05, 3.63) is 0 Å². The van der Waals surface area contributed by atoms with Crippen LogP contribution in [0.5, 0.6) is 0 Å². The lowest BCUT2D eigenvalue weighted by molar-refractivity contribution is -0.160. The number of hydrogen-bond donors (Lipinski definition) is 0. The van der Waals surface area contributed by atoms with Gasteiger partial charge < -0.3 is 9.47 Å². The summed E-state index contributed by atoms with van der Waals surface area (Å²) in [6, 6.07) is -0.228. The van der Waals surface area contributed by atoms with Gasteiger partial charge in [-0.3, -0.25) is 9.69 Å². The second-order valence-electron chi connectivity index (χ2n) is 6.21. The SMILES string of the molecule is CC(C(=O)OC(C)(C)C)N(C)CCOCC1CC1. The first-order chi connectivity index (χ1) is 8.29. The first-order valence-corrected chi connectivity index (χ1v) is 6.80. The van der Waals surface area contributed by atoms with E-state index in [1.54, 1.807) is 0 Å². The van der Waals surface area contributed by atoms with Crippen LogP contribution in [0.2, 0.25) is 0 Å². The maximum atomic E-state index is 11.8. The molecule has 1 aliphatic carbocycles. The Morgan fingerprint density at radius 2 is 2.00 bits per heavy atom. The lowest BCUT2D eigenvalue weighted by Crippen LogP contribution is -2.41. The summed E-state index contributed by atoms with van der Waals surface area (Å²) in [5.74, 6) is 0.616. The number of esters is 1. The van der Waals surface area contributed by atoms with Gasteiger partial charge in [-0.05, 0) is 53.5 Å². The van der Waals surface area contributed by atoms with E-state index in [0.29, 0.717) is 6.61 Å². The fourth-order valence-corrected chi connectivity index (χ4v) is 1.50. The molecule has 0 saturated heterocycles. The normalized spacial score (nSPS) is 17.9. The Bertz CT molecular complexity index is 269. The molecule has 0 aliphatic heterocycles. The molecule has 1 atom stereocenters. The topological polar surface area (TPSA) is 38.8 Å². The summed E-state index contributed by atoms with van der Waals surface area (Å²) in [6.07, 6.45) is 2.62. The van der Waals surface area contributed by atoms with Gasteiger partial charge in [0.15, 0.2) is 0 Å². The van der Waals surface area contributed by atoms with Crippen LogP contribution in [-0.2, 0) is 14.3 Å². The molecule has 18 heavy (non-hydrogen) atoms. The zero-order valence-electron chi connectivity index (χ0n) is 12.4. The lowest BCUT2D eigenvalue weighted by atomic mass is 10.2. The molecule has 0 bridgehead atoms. The van der Waals surface area contributed by atoms with Crippen molar-refractivity contribution in [3.63, 3.8) is 0 Å². The van der Waals surface area contributed by atoms with Crippen LogP contribution in [0.3, 0.4) is 0 Å². The minimum absolute atomic E-state index is 0.174. The average molecular weight is 257 g/mol. The van der Waals surface area contributed by atoms with Crippen LogP contribution in [0.25, 0.3) is 0 Å². The van der Waals surface area contributed by atoms with Gasteiger partial charge in [0, 0.05) is 13.2 Å². The molecular weight excluding hydrogens is 230 g/mol. The molecule has 0 aromatic carbocycles. The summed E-state index contributed by atoms with van der Waals surface area (Å²) < 4.78 is 10.9. The number of rotatable bonds is 7. The minimum Gasteiger partial charge on any atom is -0.459 e. The molecule has 1 aliphatic rings. The summed E-state index contributed by atoms with van der Waals surface area (Å²) in [5.41, 5.74) is -0.422. The predicted octanol–water partition coefficient (Wildman–Crippen LogP) is 2.08. The smallest absolute Gasteiger partial charge is 0.323 e. The number of carbonyl (C=O) groups excluding carboxylic acids is 1. The molecule has 106 valence electrons. The highest BCUT2D eigenvalue weighted by Crippen LogP contribution is 2.28. The van der Waals surface area contributed by atoms with Gasteiger partial charge in [0.25, 0.3) is 0 Å². The predicted molar refractivity (Wildman–Crippen MR) is 71.5 cm³/mol. The van der Waals surface area contributed by atoms with E-state index < -0.39 is 5.60 Å². The minimum atomic E-state index is -0.422. The van der Waals surface area contributed by atoms with E-state index in [2.05, 4.69) is 0 Å². The van der Waals surface area contributed by atoms with Crippen molar-refractivity contribution in [1.82, 2.24) is 4.90 Å². The highest BCUT2D eigenvalue weighted by molar-refractivity contribution is 5.75. The standard InChI is InChI=1S/C14H27NO3/c1-11(13(16)18-14(2,3)4)15(5)8-9-17-10-12-6-7-12/h11-12H,6-10H2,1-5H3. The summed E-state index contributed by atoms with van der Waals surface area (Å²) in [7, 11) is 1.93. The molecule has 1 rings (SSSR count). The molecular formula is C14H27NO3. The Labute approximate surface area is 111 Å². The van der Waals surface area contributed by atoms with E-state index in [-0.39, 0.29) is 12.0 Å². The third-order valence-electron chi connectivity index (χ3n) is 3.05. The Balaban J connectivity index is 2.17. The van der Waals surface area contributed by atoms with Crippen molar-refractivity contribution in [2.24, 2.45) is 5.92 Å². The number of hydrogen-bond acceptors (Lipinski definition) is 4. The fourth-order valence-electron chi connectivity index (χ4n) is 1.50. The average Bonchev–Trinajstić information content (AvgIpc) is 3.04. The van der Waals surface area contributed by atoms with Crippen LogP contribution in [0, 0.1) is 5.92 Å². The maximum Gasteiger partial charge on any atom is 0.323 e. The maximum absolute atomic E-state index is 11.8. The number of carbonyl (C=O) groups is 1. The van der Waals surface area contributed by atoms with Crippen molar-refractivity contribution in [1.29, 1.82) is 0 Å². The van der Waals surface area contributed by atoms with E-state index in [1.165, 1.54) is 12.8 Å². The first-order valence-electron chi connectivity index (χ1n) is 6.80. The summed E-state index contributed by atoms with van der Waals surface area (Å²) >= 11 is 0. The van der Waals surface area contributed by atoms with Crippen LogP contribution in [0.1, 0.15) is 40.5 Å². The van der Waals surface area contributed by atoms with Gasteiger partial charge >= 0.3 is 5.97 Å². The molecule has 0 aromatic heterocycles. The van der Waals surface area contributed by atoms with Crippen molar-refractivity contribution >= 4 is 5.97 Å². The monoisotopic (exact) mass is 257 g/mol. The van der Waals surface area contributed by atoms with Crippen LogP contribution in [0.4, 0.5) is 0 Å². The van der Waals surface area contributed by atoms with Gasteiger partial charge in [-0.15, -0.1) is 0 Å². The fraction of sp³-hybridized carbons (Fsp3) is 0.929. The summed E-state index contributed by atoms with van der Waals surface area (Å²) in [5, 5.41) is 0. The van der Waals surface area contributed by atoms with E-state index in [0.717, 1.165) is 19.1 Å². The molecule has 0 heterocycles. The van der Waals surface area contributed by atoms with Crippen molar-refractivity contribution in [2.75, 3.05) is 26.8 Å². The third-order valence-corrected chi connectivity index (χ3v) is 3.05. The molecule has 1 fully saturated rings. The zero-order valence-corrected chi connectivity index (χ0v) is 12.4. The highest BCUT2D eigenvalue weighted by Gasteiger charge is 2.25. The lowest BCUT2D eigenvalue weighted by Gasteiger charge is -2.27. The number of likely N-dealkylation sites (N-methyl/N-ethyl adjacent to an activating group) is 1. The van der Waals surface area contributed by atoms with Gasteiger partial charge in [0.05, 0.1) is 6.61 Å².